The number of hydrogen-bond donors (Lipinski definition) is 2. The van der Waals surface area contributed by atoms with E-state index in [2.05, 4.69) is 10.4 Å². The van der Waals surface area contributed by atoms with Gasteiger partial charge >= 0.3 is 0 Å². The number of aromatic nitrogens is 2. The topological polar surface area (TPSA) is 72.9 Å². The smallest absolute Gasteiger partial charge is 0.229 e. The predicted molar refractivity (Wildman–Crippen MR) is 79.2 cm³/mol. The third kappa shape index (κ3) is 3.68. The van der Waals surface area contributed by atoms with Gasteiger partial charge in [0, 0.05) is 19.3 Å². The van der Waals surface area contributed by atoms with E-state index in [1.165, 1.54) is 0 Å². The summed E-state index contributed by atoms with van der Waals surface area (Å²) in [4.78, 5) is 12.2. The van der Waals surface area contributed by atoms with Gasteiger partial charge in [0.1, 0.15) is 0 Å². The molecule has 5 heteroatoms. The van der Waals surface area contributed by atoms with Crippen LogP contribution in [-0.2, 0) is 17.8 Å². The highest BCUT2D eigenvalue weighted by atomic mass is 16.1. The lowest BCUT2D eigenvalue weighted by Gasteiger charge is -2.14. The molecule has 106 valence electrons. The Bertz CT molecular complexity index is 550. The Balaban J connectivity index is 1.98. The second-order valence-corrected chi connectivity index (χ2v) is 4.70. The van der Waals surface area contributed by atoms with Gasteiger partial charge in [0.15, 0.2) is 0 Å². The zero-order valence-corrected chi connectivity index (χ0v) is 11.6. The molecule has 5 nitrogen and oxygen atoms in total. The Morgan fingerprint density at radius 3 is 2.75 bits per heavy atom. The molecule has 0 saturated heterocycles. The molecule has 0 spiro atoms. The van der Waals surface area contributed by atoms with Gasteiger partial charge in [0.05, 0.1) is 17.8 Å². The van der Waals surface area contributed by atoms with Crippen molar-refractivity contribution in [3.63, 3.8) is 0 Å². The molecule has 1 amide bonds. The second-order valence-electron chi connectivity index (χ2n) is 4.70. The highest BCUT2D eigenvalue weighted by molar-refractivity contribution is 5.92. The van der Waals surface area contributed by atoms with Crippen LogP contribution in [0.4, 0.5) is 5.69 Å². The number of aryl methyl sites for hydroxylation is 1. The molecule has 3 N–H and O–H groups in total. The number of nitrogens with one attached hydrogen (secondary N) is 1. The van der Waals surface area contributed by atoms with Crippen molar-refractivity contribution in [2.45, 2.75) is 19.9 Å². The molecule has 1 atom stereocenters. The first-order chi connectivity index (χ1) is 9.72. The van der Waals surface area contributed by atoms with Gasteiger partial charge in [-0.3, -0.25) is 9.48 Å². The van der Waals surface area contributed by atoms with Crippen LogP contribution in [0.25, 0.3) is 0 Å². The summed E-state index contributed by atoms with van der Waals surface area (Å²) in [5, 5.41) is 6.99. The molecule has 0 aliphatic rings. The average molecular weight is 272 g/mol. The molecule has 0 saturated carbocycles. The van der Waals surface area contributed by atoms with E-state index in [1.807, 2.05) is 43.5 Å². The first kappa shape index (κ1) is 14.3. The SMILES string of the molecule is CCn1cc(NC(=O)C(CN)Cc2ccccc2)cn1. The van der Waals surface area contributed by atoms with Crippen LogP contribution in [0.1, 0.15) is 12.5 Å². The molecule has 0 fully saturated rings. The summed E-state index contributed by atoms with van der Waals surface area (Å²) in [6, 6.07) is 9.90. The third-order valence-corrected chi connectivity index (χ3v) is 3.21. The molecular formula is C15H20N4O. The van der Waals surface area contributed by atoms with Crippen LogP contribution < -0.4 is 11.1 Å². The number of hydrogen-bond acceptors (Lipinski definition) is 3. The molecule has 20 heavy (non-hydrogen) atoms. The van der Waals surface area contributed by atoms with Gasteiger partial charge < -0.3 is 11.1 Å². The summed E-state index contributed by atoms with van der Waals surface area (Å²) in [5.41, 5.74) is 7.55. The van der Waals surface area contributed by atoms with E-state index in [0.29, 0.717) is 18.7 Å². The number of nitrogens with two attached hydrogens (primary N) is 1. The van der Waals surface area contributed by atoms with Gasteiger partial charge in [-0.1, -0.05) is 30.3 Å². The van der Waals surface area contributed by atoms with Crippen molar-refractivity contribution >= 4 is 11.6 Å². The van der Waals surface area contributed by atoms with Crippen molar-refractivity contribution in [2.24, 2.45) is 11.7 Å². The van der Waals surface area contributed by atoms with E-state index in [-0.39, 0.29) is 11.8 Å². The number of carbonyl (C=O) groups is 1. The predicted octanol–water partition coefficient (Wildman–Crippen LogP) is 1.66. The third-order valence-electron chi connectivity index (χ3n) is 3.21. The molecule has 2 aromatic rings. The van der Waals surface area contributed by atoms with Gasteiger partial charge in [-0.2, -0.15) is 5.10 Å². The van der Waals surface area contributed by atoms with Crippen molar-refractivity contribution in [1.29, 1.82) is 0 Å². The minimum atomic E-state index is -0.234. The molecule has 0 bridgehead atoms. The number of carbonyl (C=O) groups excluding carboxylic acids is 1. The fourth-order valence-electron chi connectivity index (χ4n) is 2.03. The van der Waals surface area contributed by atoms with Crippen LogP contribution in [0.5, 0.6) is 0 Å². The molecule has 0 aliphatic heterocycles. The Labute approximate surface area is 118 Å². The minimum absolute atomic E-state index is 0.0630. The van der Waals surface area contributed by atoms with Crippen molar-refractivity contribution in [1.82, 2.24) is 9.78 Å². The maximum atomic E-state index is 12.2. The van der Waals surface area contributed by atoms with Gasteiger partial charge in [0.2, 0.25) is 5.91 Å². The Morgan fingerprint density at radius 1 is 1.40 bits per heavy atom. The van der Waals surface area contributed by atoms with Gasteiger partial charge in [-0.05, 0) is 18.9 Å². The summed E-state index contributed by atoms with van der Waals surface area (Å²) < 4.78 is 1.77. The van der Waals surface area contributed by atoms with E-state index < -0.39 is 0 Å². The number of amides is 1. The summed E-state index contributed by atoms with van der Waals surface area (Å²) in [5.74, 6) is -0.297. The highest BCUT2D eigenvalue weighted by Crippen LogP contribution is 2.12. The maximum absolute atomic E-state index is 12.2. The lowest BCUT2D eigenvalue weighted by molar-refractivity contribution is -0.119. The van der Waals surface area contributed by atoms with Gasteiger partial charge in [0.25, 0.3) is 0 Å². The second kappa shape index (κ2) is 6.86. The standard InChI is InChI=1S/C15H20N4O/c1-2-19-11-14(10-17-19)18-15(20)13(9-16)8-12-6-4-3-5-7-12/h3-7,10-11,13H,2,8-9,16H2,1H3,(H,18,20). The molecule has 0 radical (unpaired) electrons. The summed E-state index contributed by atoms with van der Waals surface area (Å²) in [7, 11) is 0. The molecule has 1 heterocycles. The number of nitrogens with zero attached hydrogens (tertiary/aromatic N) is 2. The maximum Gasteiger partial charge on any atom is 0.229 e. The normalized spacial score (nSPS) is 12.1. The van der Waals surface area contributed by atoms with Crippen LogP contribution in [0.15, 0.2) is 42.7 Å². The zero-order valence-electron chi connectivity index (χ0n) is 11.6. The summed E-state index contributed by atoms with van der Waals surface area (Å²) in [6.07, 6.45) is 4.11. The molecular weight excluding hydrogens is 252 g/mol. The van der Waals surface area contributed by atoms with Crippen molar-refractivity contribution in [2.75, 3.05) is 11.9 Å². The molecule has 0 aliphatic carbocycles. The first-order valence-electron chi connectivity index (χ1n) is 6.80. The summed E-state index contributed by atoms with van der Waals surface area (Å²) in [6.45, 7) is 3.10. The highest BCUT2D eigenvalue weighted by Gasteiger charge is 2.17. The Kier molecular flexibility index (Phi) is 4.90. The van der Waals surface area contributed by atoms with Crippen LogP contribution in [-0.4, -0.2) is 22.2 Å². The van der Waals surface area contributed by atoms with Crippen molar-refractivity contribution in [3.8, 4) is 0 Å². The fourth-order valence-corrected chi connectivity index (χ4v) is 2.03. The van der Waals surface area contributed by atoms with Gasteiger partial charge in [-0.25, -0.2) is 0 Å². The molecule has 1 aromatic carbocycles. The Hall–Kier alpha value is -2.14. The first-order valence-corrected chi connectivity index (χ1v) is 6.80. The number of benzene rings is 1. The largest absolute Gasteiger partial charge is 0.330 e. The van der Waals surface area contributed by atoms with Crippen molar-refractivity contribution < 1.29 is 4.79 Å². The average Bonchev–Trinajstić information content (AvgIpc) is 2.93. The van der Waals surface area contributed by atoms with E-state index in [4.69, 9.17) is 5.73 Å². The lowest BCUT2D eigenvalue weighted by atomic mass is 9.98. The van der Waals surface area contributed by atoms with E-state index >= 15 is 0 Å². The molecule has 1 unspecified atom stereocenters. The fraction of sp³-hybridized carbons (Fsp3) is 0.333. The minimum Gasteiger partial charge on any atom is -0.330 e. The van der Waals surface area contributed by atoms with E-state index in [9.17, 15) is 4.79 Å². The lowest BCUT2D eigenvalue weighted by Crippen LogP contribution is -2.30. The Morgan fingerprint density at radius 2 is 2.15 bits per heavy atom. The van der Waals surface area contributed by atoms with E-state index in [0.717, 1.165) is 12.1 Å². The molecule has 2 rings (SSSR count). The van der Waals surface area contributed by atoms with Crippen LogP contribution >= 0.6 is 0 Å². The number of anilines is 1. The van der Waals surface area contributed by atoms with Crippen LogP contribution in [0, 0.1) is 5.92 Å². The number of rotatable bonds is 6. The zero-order chi connectivity index (χ0) is 14.4. The van der Waals surface area contributed by atoms with Gasteiger partial charge in [-0.15, -0.1) is 0 Å². The van der Waals surface area contributed by atoms with Crippen LogP contribution in [0.3, 0.4) is 0 Å². The monoisotopic (exact) mass is 272 g/mol. The van der Waals surface area contributed by atoms with Crippen molar-refractivity contribution in [3.05, 3.63) is 48.3 Å². The van der Waals surface area contributed by atoms with Crippen LogP contribution in [0.2, 0.25) is 0 Å². The summed E-state index contributed by atoms with van der Waals surface area (Å²) >= 11 is 0. The van der Waals surface area contributed by atoms with E-state index in [1.54, 1.807) is 10.9 Å². The quantitative estimate of drug-likeness (QED) is 0.840. The molecule has 1 aromatic heterocycles.